The number of carboxylic acids is 1. The maximum Gasteiger partial charge on any atom is 0.306 e. The molecule has 0 spiro atoms. The summed E-state index contributed by atoms with van der Waals surface area (Å²) in [6, 6.07) is 10.4. The number of rotatable bonds is 12. The minimum atomic E-state index is -0.724. The van der Waals surface area contributed by atoms with Crippen molar-refractivity contribution in [1.82, 2.24) is 5.32 Å². The van der Waals surface area contributed by atoms with Gasteiger partial charge in [0.1, 0.15) is 6.10 Å². The number of carbonyl (C=O) groups excluding carboxylic acids is 1. The first kappa shape index (κ1) is 25.4. The first-order valence-corrected chi connectivity index (χ1v) is 11.8. The molecule has 5 nitrogen and oxygen atoms in total. The van der Waals surface area contributed by atoms with Crippen LogP contribution in [0.1, 0.15) is 91.0 Å². The summed E-state index contributed by atoms with van der Waals surface area (Å²) in [5.41, 5.74) is 1.04. The van der Waals surface area contributed by atoms with Gasteiger partial charge in [-0.1, -0.05) is 56.0 Å². The van der Waals surface area contributed by atoms with Gasteiger partial charge in [-0.05, 0) is 52.5 Å². The Labute approximate surface area is 188 Å². The second kappa shape index (κ2) is 11.7. The predicted molar refractivity (Wildman–Crippen MR) is 124 cm³/mol. The van der Waals surface area contributed by atoms with E-state index in [1.165, 1.54) is 5.56 Å². The fraction of sp³-hybridized carbons (Fsp3) is 0.692. The molecule has 0 amide bonds. The van der Waals surface area contributed by atoms with Crippen molar-refractivity contribution in [2.24, 2.45) is 5.92 Å². The molecule has 2 N–H and O–H groups in total. The van der Waals surface area contributed by atoms with Gasteiger partial charge in [0.15, 0.2) is 0 Å². The molecule has 0 aliphatic carbocycles. The molecule has 1 aromatic carbocycles. The number of hydrogen-bond acceptors (Lipinski definition) is 4. The number of nitrogens with one attached hydrogen (secondary N) is 1. The molecule has 2 unspecified atom stereocenters. The molecule has 2 atom stereocenters. The first-order chi connectivity index (χ1) is 14.6. The van der Waals surface area contributed by atoms with Gasteiger partial charge in [0.25, 0.3) is 0 Å². The third-order valence-electron chi connectivity index (χ3n) is 6.35. The molecule has 1 saturated heterocycles. The predicted octanol–water partition coefficient (Wildman–Crippen LogP) is 5.51. The molecule has 0 aromatic heterocycles. The fourth-order valence-corrected chi connectivity index (χ4v) is 4.98. The Bertz CT molecular complexity index is 699. The monoisotopic (exact) mass is 431 g/mol. The summed E-state index contributed by atoms with van der Waals surface area (Å²) in [7, 11) is 0. The molecular weight excluding hydrogens is 390 g/mol. The van der Waals surface area contributed by atoms with E-state index in [0.29, 0.717) is 6.42 Å². The second-order valence-corrected chi connectivity index (χ2v) is 10.3. The van der Waals surface area contributed by atoms with Gasteiger partial charge in [-0.3, -0.25) is 9.59 Å². The molecule has 0 saturated carbocycles. The number of hydrogen-bond donors (Lipinski definition) is 2. The smallest absolute Gasteiger partial charge is 0.306 e. The van der Waals surface area contributed by atoms with Crippen LogP contribution in [0.2, 0.25) is 0 Å². The quantitative estimate of drug-likeness (QED) is 0.337. The number of piperidine rings is 1. The molecule has 2 rings (SSSR count). The Hall–Kier alpha value is -1.88. The lowest BCUT2D eigenvalue weighted by molar-refractivity contribution is -0.158. The summed E-state index contributed by atoms with van der Waals surface area (Å²) in [5, 5.41) is 12.4. The minimum absolute atomic E-state index is 0.0857. The van der Waals surface area contributed by atoms with E-state index in [1.54, 1.807) is 0 Å². The molecule has 1 fully saturated rings. The standard InChI is InChI=1S/C26H41NO4/c1-25(2)19-22(21(26(3,4)27-25)18-20-14-10-9-11-15-20)31-24(30)17-13-8-6-5-7-12-16-23(28)29/h9-11,14-15,21-22,27H,5-8,12-13,16-19H2,1-4H3,(H,28,29). The van der Waals surface area contributed by atoms with Crippen LogP contribution in [0.25, 0.3) is 0 Å². The molecule has 1 aliphatic rings. The zero-order valence-corrected chi connectivity index (χ0v) is 19.8. The molecular formula is C26H41NO4. The number of ether oxygens (including phenoxy) is 1. The van der Waals surface area contributed by atoms with Gasteiger partial charge in [-0.2, -0.15) is 0 Å². The molecule has 5 heteroatoms. The van der Waals surface area contributed by atoms with Crippen molar-refractivity contribution in [3.63, 3.8) is 0 Å². The average Bonchev–Trinajstić information content (AvgIpc) is 2.66. The second-order valence-electron chi connectivity index (χ2n) is 10.3. The summed E-state index contributed by atoms with van der Waals surface area (Å²) in [4.78, 5) is 23.2. The lowest BCUT2D eigenvalue weighted by Crippen LogP contribution is -2.65. The van der Waals surface area contributed by atoms with E-state index in [4.69, 9.17) is 9.84 Å². The number of esters is 1. The van der Waals surface area contributed by atoms with Crippen LogP contribution in [-0.2, 0) is 20.7 Å². The normalized spacial score (nSPS) is 22.1. The van der Waals surface area contributed by atoms with E-state index in [0.717, 1.165) is 51.4 Å². The molecule has 1 aromatic rings. The largest absolute Gasteiger partial charge is 0.481 e. The van der Waals surface area contributed by atoms with E-state index in [1.807, 2.05) is 6.07 Å². The third-order valence-corrected chi connectivity index (χ3v) is 6.35. The molecule has 0 radical (unpaired) electrons. The van der Waals surface area contributed by atoms with Crippen molar-refractivity contribution in [1.29, 1.82) is 0 Å². The van der Waals surface area contributed by atoms with Crippen LogP contribution >= 0.6 is 0 Å². The minimum Gasteiger partial charge on any atom is -0.481 e. The van der Waals surface area contributed by atoms with Gasteiger partial charge in [0.05, 0.1) is 0 Å². The number of benzene rings is 1. The van der Waals surface area contributed by atoms with Crippen LogP contribution in [0, 0.1) is 5.92 Å². The molecule has 174 valence electrons. The Morgan fingerprint density at radius 1 is 0.968 bits per heavy atom. The van der Waals surface area contributed by atoms with Crippen molar-refractivity contribution in [3.05, 3.63) is 35.9 Å². The van der Waals surface area contributed by atoms with Gasteiger partial charge in [-0.25, -0.2) is 0 Å². The third kappa shape index (κ3) is 9.02. The van der Waals surface area contributed by atoms with E-state index < -0.39 is 5.97 Å². The maximum atomic E-state index is 12.6. The highest BCUT2D eigenvalue weighted by atomic mass is 16.5. The lowest BCUT2D eigenvalue weighted by Gasteiger charge is -2.51. The van der Waals surface area contributed by atoms with Crippen LogP contribution in [0.5, 0.6) is 0 Å². The van der Waals surface area contributed by atoms with Gasteiger partial charge < -0.3 is 15.2 Å². The van der Waals surface area contributed by atoms with Crippen LogP contribution in [0.15, 0.2) is 30.3 Å². The highest BCUT2D eigenvalue weighted by Gasteiger charge is 2.47. The topological polar surface area (TPSA) is 75.6 Å². The van der Waals surface area contributed by atoms with Gasteiger partial charge in [0.2, 0.25) is 0 Å². The Balaban J connectivity index is 1.84. The van der Waals surface area contributed by atoms with Crippen LogP contribution in [-0.4, -0.2) is 34.2 Å². The number of aliphatic carboxylic acids is 1. The lowest BCUT2D eigenvalue weighted by atomic mass is 9.70. The van der Waals surface area contributed by atoms with Gasteiger partial charge >= 0.3 is 11.9 Å². The van der Waals surface area contributed by atoms with Gasteiger partial charge in [-0.15, -0.1) is 0 Å². The summed E-state index contributed by atoms with van der Waals surface area (Å²) in [5.74, 6) is -0.610. The summed E-state index contributed by atoms with van der Waals surface area (Å²) in [6.45, 7) is 8.79. The highest BCUT2D eigenvalue weighted by Crippen LogP contribution is 2.37. The Morgan fingerprint density at radius 3 is 2.16 bits per heavy atom. The first-order valence-electron chi connectivity index (χ1n) is 11.8. The van der Waals surface area contributed by atoms with Crippen molar-refractivity contribution in [2.45, 2.75) is 109 Å². The molecule has 0 bridgehead atoms. The van der Waals surface area contributed by atoms with E-state index in [-0.39, 0.29) is 35.5 Å². The Kier molecular flexibility index (Phi) is 9.54. The summed E-state index contributed by atoms with van der Waals surface area (Å²) in [6.07, 6.45) is 7.85. The summed E-state index contributed by atoms with van der Waals surface area (Å²) < 4.78 is 6.07. The van der Waals surface area contributed by atoms with Crippen molar-refractivity contribution in [2.75, 3.05) is 0 Å². The SMILES string of the molecule is CC1(C)CC(OC(=O)CCCCCCCCC(=O)O)C(Cc2ccccc2)C(C)(C)N1. The fourth-order valence-electron chi connectivity index (χ4n) is 4.98. The number of unbranched alkanes of at least 4 members (excludes halogenated alkanes) is 5. The van der Waals surface area contributed by atoms with Crippen molar-refractivity contribution in [3.8, 4) is 0 Å². The molecule has 1 aliphatic heterocycles. The van der Waals surface area contributed by atoms with Crippen LogP contribution in [0.3, 0.4) is 0 Å². The number of carbonyl (C=O) groups is 2. The van der Waals surface area contributed by atoms with Crippen LogP contribution in [0.4, 0.5) is 0 Å². The molecule has 1 heterocycles. The zero-order valence-electron chi connectivity index (χ0n) is 19.8. The molecule has 31 heavy (non-hydrogen) atoms. The number of carboxylic acid groups (broad SMARTS) is 1. The van der Waals surface area contributed by atoms with E-state index in [2.05, 4.69) is 57.3 Å². The zero-order chi connectivity index (χ0) is 22.9. The van der Waals surface area contributed by atoms with Gasteiger partial charge in [0, 0.05) is 36.3 Å². The van der Waals surface area contributed by atoms with E-state index in [9.17, 15) is 9.59 Å². The average molecular weight is 432 g/mol. The summed E-state index contributed by atoms with van der Waals surface area (Å²) >= 11 is 0. The highest BCUT2D eigenvalue weighted by molar-refractivity contribution is 5.69. The van der Waals surface area contributed by atoms with Crippen molar-refractivity contribution >= 4 is 11.9 Å². The van der Waals surface area contributed by atoms with E-state index >= 15 is 0 Å². The maximum absolute atomic E-state index is 12.6. The van der Waals surface area contributed by atoms with Crippen molar-refractivity contribution < 1.29 is 19.4 Å². The van der Waals surface area contributed by atoms with Crippen LogP contribution < -0.4 is 5.32 Å². The Morgan fingerprint density at radius 2 is 1.55 bits per heavy atom.